The van der Waals surface area contributed by atoms with Crippen molar-refractivity contribution in [3.63, 3.8) is 0 Å². The van der Waals surface area contributed by atoms with Crippen LogP contribution in [0.15, 0.2) is 47.5 Å². The van der Waals surface area contributed by atoms with Crippen LogP contribution in [-0.4, -0.2) is 30.7 Å². The number of anilines is 1. The van der Waals surface area contributed by atoms with Gasteiger partial charge >= 0.3 is 0 Å². The number of nitrogens with zero attached hydrogens (tertiary/aromatic N) is 2. The predicted octanol–water partition coefficient (Wildman–Crippen LogP) is 2.49. The van der Waals surface area contributed by atoms with E-state index in [0.717, 1.165) is 5.82 Å². The van der Waals surface area contributed by atoms with E-state index in [1.165, 1.54) is 0 Å². The van der Waals surface area contributed by atoms with Crippen LogP contribution in [0.1, 0.15) is 25.6 Å². The van der Waals surface area contributed by atoms with Crippen LogP contribution in [0.5, 0.6) is 0 Å². The number of nitrogens with one attached hydrogen (secondary N) is 1. The van der Waals surface area contributed by atoms with Crippen LogP contribution in [0.3, 0.4) is 0 Å². The van der Waals surface area contributed by atoms with Gasteiger partial charge < -0.3 is 5.32 Å². The summed E-state index contributed by atoms with van der Waals surface area (Å²) in [6.45, 7) is 4.34. The fourth-order valence-electron chi connectivity index (χ4n) is 1.81. The van der Waals surface area contributed by atoms with E-state index >= 15 is 0 Å². The molecule has 0 saturated carbocycles. The molecule has 0 amide bonds. The summed E-state index contributed by atoms with van der Waals surface area (Å²) >= 11 is 0. The lowest BCUT2D eigenvalue weighted by Crippen LogP contribution is -2.16. The highest BCUT2D eigenvalue weighted by Gasteiger charge is 2.13. The molecular weight excluding hydrogens is 286 g/mol. The minimum absolute atomic E-state index is 0.0258. The molecular formula is C15H19N3O2S. The van der Waals surface area contributed by atoms with Crippen molar-refractivity contribution in [3.8, 4) is 0 Å². The zero-order chi connectivity index (χ0) is 15.3. The second-order valence-corrected chi connectivity index (χ2v) is 7.12. The van der Waals surface area contributed by atoms with Gasteiger partial charge in [0.2, 0.25) is 0 Å². The highest BCUT2D eigenvalue weighted by Crippen LogP contribution is 2.12. The van der Waals surface area contributed by atoms with Gasteiger partial charge in [-0.25, -0.2) is 18.4 Å². The zero-order valence-corrected chi connectivity index (χ0v) is 13.0. The van der Waals surface area contributed by atoms with Crippen molar-refractivity contribution in [1.82, 2.24) is 9.97 Å². The van der Waals surface area contributed by atoms with Crippen LogP contribution in [0.2, 0.25) is 0 Å². The summed E-state index contributed by atoms with van der Waals surface area (Å²) in [7, 11) is -3.26. The van der Waals surface area contributed by atoms with Crippen molar-refractivity contribution in [3.05, 3.63) is 48.4 Å². The van der Waals surface area contributed by atoms with Crippen molar-refractivity contribution in [2.24, 2.45) is 0 Å². The van der Waals surface area contributed by atoms with Crippen molar-refractivity contribution in [2.45, 2.75) is 24.7 Å². The minimum atomic E-state index is -3.26. The first-order valence-corrected chi connectivity index (χ1v) is 8.49. The molecule has 21 heavy (non-hydrogen) atoms. The fraction of sp³-hybridized carbons (Fsp3) is 0.333. The molecule has 0 fully saturated rings. The Morgan fingerprint density at radius 3 is 2.52 bits per heavy atom. The van der Waals surface area contributed by atoms with Crippen molar-refractivity contribution in [2.75, 3.05) is 17.6 Å². The second kappa shape index (κ2) is 6.67. The van der Waals surface area contributed by atoms with Gasteiger partial charge in [0.25, 0.3) is 0 Å². The number of sulfone groups is 1. The standard InChI is InChI=1S/C15H19N3O2S/c1-12(2)15-17-9-8-14(18-15)16-10-11-21(19,20)13-6-4-3-5-7-13/h3-9,12H,10-11H2,1-2H3,(H,16,17,18). The van der Waals surface area contributed by atoms with Crippen molar-refractivity contribution < 1.29 is 8.42 Å². The molecule has 1 aromatic carbocycles. The highest BCUT2D eigenvalue weighted by atomic mass is 32.2. The van der Waals surface area contributed by atoms with E-state index in [-0.39, 0.29) is 11.7 Å². The van der Waals surface area contributed by atoms with Gasteiger partial charge in [0, 0.05) is 18.7 Å². The van der Waals surface area contributed by atoms with Crippen molar-refractivity contribution in [1.29, 1.82) is 0 Å². The van der Waals surface area contributed by atoms with Gasteiger partial charge in [0.15, 0.2) is 9.84 Å². The lowest BCUT2D eigenvalue weighted by atomic mass is 10.2. The van der Waals surface area contributed by atoms with E-state index in [1.54, 1.807) is 42.6 Å². The Balaban J connectivity index is 1.97. The largest absolute Gasteiger partial charge is 0.369 e. The molecule has 2 rings (SSSR count). The Hall–Kier alpha value is -1.95. The summed E-state index contributed by atoms with van der Waals surface area (Å²) < 4.78 is 24.2. The van der Waals surface area contributed by atoms with Crippen LogP contribution in [0.4, 0.5) is 5.82 Å². The van der Waals surface area contributed by atoms with E-state index in [1.807, 2.05) is 13.8 Å². The molecule has 0 bridgehead atoms. The van der Waals surface area contributed by atoms with Crippen LogP contribution in [-0.2, 0) is 9.84 Å². The van der Waals surface area contributed by atoms with E-state index in [2.05, 4.69) is 15.3 Å². The van der Waals surface area contributed by atoms with Crippen LogP contribution in [0, 0.1) is 0 Å². The first-order valence-electron chi connectivity index (χ1n) is 6.83. The van der Waals surface area contributed by atoms with Crippen LogP contribution in [0.25, 0.3) is 0 Å². The Labute approximate surface area is 125 Å². The van der Waals surface area contributed by atoms with Crippen LogP contribution >= 0.6 is 0 Å². The number of benzene rings is 1. The van der Waals surface area contributed by atoms with Crippen LogP contribution < -0.4 is 5.32 Å². The molecule has 0 radical (unpaired) electrons. The monoisotopic (exact) mass is 305 g/mol. The van der Waals surface area contributed by atoms with E-state index in [4.69, 9.17) is 0 Å². The average molecular weight is 305 g/mol. The Bertz CT molecular complexity index is 685. The summed E-state index contributed by atoms with van der Waals surface area (Å²) in [4.78, 5) is 8.87. The molecule has 1 aromatic heterocycles. The molecule has 0 saturated heterocycles. The van der Waals surface area contributed by atoms with E-state index in [0.29, 0.717) is 17.3 Å². The SMILES string of the molecule is CC(C)c1nccc(NCCS(=O)(=O)c2ccccc2)n1. The number of hydrogen-bond acceptors (Lipinski definition) is 5. The highest BCUT2D eigenvalue weighted by molar-refractivity contribution is 7.91. The van der Waals surface area contributed by atoms with E-state index in [9.17, 15) is 8.42 Å². The second-order valence-electron chi connectivity index (χ2n) is 5.01. The molecule has 2 aromatic rings. The number of hydrogen-bond donors (Lipinski definition) is 1. The van der Waals surface area contributed by atoms with Gasteiger partial charge in [-0.2, -0.15) is 0 Å². The third-order valence-electron chi connectivity index (χ3n) is 2.97. The van der Waals surface area contributed by atoms with Gasteiger partial charge in [0.1, 0.15) is 11.6 Å². The molecule has 0 unspecified atom stereocenters. The molecule has 6 heteroatoms. The quantitative estimate of drug-likeness (QED) is 0.887. The Kier molecular flexibility index (Phi) is 4.90. The fourth-order valence-corrected chi connectivity index (χ4v) is 2.99. The number of rotatable bonds is 6. The van der Waals surface area contributed by atoms with Gasteiger partial charge in [-0.05, 0) is 18.2 Å². The molecule has 112 valence electrons. The van der Waals surface area contributed by atoms with Gasteiger partial charge in [0.05, 0.1) is 10.6 Å². The van der Waals surface area contributed by atoms with E-state index < -0.39 is 9.84 Å². The third kappa shape index (κ3) is 4.26. The smallest absolute Gasteiger partial charge is 0.180 e. The maximum atomic E-state index is 12.1. The number of aromatic nitrogens is 2. The summed E-state index contributed by atoms with van der Waals surface area (Å²) in [5, 5.41) is 3.04. The zero-order valence-electron chi connectivity index (χ0n) is 12.2. The molecule has 0 atom stereocenters. The predicted molar refractivity (Wildman–Crippen MR) is 83.1 cm³/mol. The third-order valence-corrected chi connectivity index (χ3v) is 4.70. The molecule has 0 aliphatic rings. The lowest BCUT2D eigenvalue weighted by Gasteiger charge is -2.09. The first-order chi connectivity index (χ1) is 9.99. The molecule has 1 N–H and O–H groups in total. The Morgan fingerprint density at radius 2 is 1.86 bits per heavy atom. The maximum absolute atomic E-state index is 12.1. The summed E-state index contributed by atoms with van der Waals surface area (Å²) in [5.41, 5.74) is 0. The molecule has 0 aliphatic heterocycles. The summed E-state index contributed by atoms with van der Waals surface area (Å²) in [5.74, 6) is 1.65. The van der Waals surface area contributed by atoms with Gasteiger partial charge in [-0.3, -0.25) is 0 Å². The maximum Gasteiger partial charge on any atom is 0.180 e. The molecule has 5 nitrogen and oxygen atoms in total. The normalized spacial score (nSPS) is 11.6. The first kappa shape index (κ1) is 15.4. The topological polar surface area (TPSA) is 72.0 Å². The van der Waals surface area contributed by atoms with Crippen molar-refractivity contribution >= 4 is 15.7 Å². The van der Waals surface area contributed by atoms with Gasteiger partial charge in [-0.1, -0.05) is 32.0 Å². The summed E-state index contributed by atoms with van der Waals surface area (Å²) in [6, 6.07) is 10.2. The van der Waals surface area contributed by atoms with Gasteiger partial charge in [-0.15, -0.1) is 0 Å². The lowest BCUT2D eigenvalue weighted by molar-refractivity contribution is 0.596. The average Bonchev–Trinajstić information content (AvgIpc) is 2.48. The minimum Gasteiger partial charge on any atom is -0.369 e. The molecule has 0 aliphatic carbocycles. The summed E-state index contributed by atoms with van der Waals surface area (Å²) in [6.07, 6.45) is 1.68. The molecule has 1 heterocycles. The Morgan fingerprint density at radius 1 is 1.14 bits per heavy atom. The molecule has 0 spiro atoms.